The molecule has 2 rings (SSSR count). The summed E-state index contributed by atoms with van der Waals surface area (Å²) in [6.07, 6.45) is -1.77. The molecule has 146 valence electrons. The normalized spacial score (nSPS) is 10.7. The first-order chi connectivity index (χ1) is 13.0. The van der Waals surface area contributed by atoms with E-state index in [0.717, 1.165) is 5.56 Å². The highest BCUT2D eigenvalue weighted by molar-refractivity contribution is 5.72. The van der Waals surface area contributed by atoms with Gasteiger partial charge in [0.25, 0.3) is 6.43 Å². The molecule has 0 bridgehead atoms. The second kappa shape index (κ2) is 9.90. The van der Waals surface area contributed by atoms with Crippen molar-refractivity contribution in [2.45, 2.75) is 46.6 Å². The Morgan fingerprint density at radius 3 is 2.37 bits per heavy atom. The maximum atomic E-state index is 13.4. The predicted molar refractivity (Wildman–Crippen MR) is 98.6 cm³/mol. The molecule has 0 heterocycles. The molecule has 0 N–H and O–H groups in total. The maximum absolute atomic E-state index is 13.4. The summed E-state index contributed by atoms with van der Waals surface area (Å²) in [5.74, 6) is 0.492. The van der Waals surface area contributed by atoms with Crippen LogP contribution in [-0.4, -0.2) is 12.6 Å². The smallest absolute Gasteiger partial charge is 0.310 e. The first-order valence-corrected chi connectivity index (χ1v) is 8.99. The van der Waals surface area contributed by atoms with Crippen molar-refractivity contribution in [3.8, 4) is 17.2 Å². The third-order valence-corrected chi connectivity index (χ3v) is 3.99. The Bertz CT molecular complexity index is 775. The van der Waals surface area contributed by atoms with Gasteiger partial charge in [0.2, 0.25) is 0 Å². The molecule has 0 fully saturated rings. The molecule has 0 unspecified atom stereocenters. The number of hydrogen-bond donors (Lipinski definition) is 0. The standard InChI is InChI=1S/C21H24F2O4/c1-4-14-10-11-18(15(12-14)21(22)23)26-13-16-17(25-6-3)8-7-9-19(16)27-20(24)5-2/h7-12,21H,4-6,13H2,1-3H3. The molecule has 2 aromatic carbocycles. The summed E-state index contributed by atoms with van der Waals surface area (Å²) in [4.78, 5) is 11.7. The van der Waals surface area contributed by atoms with Crippen molar-refractivity contribution in [1.82, 2.24) is 0 Å². The first-order valence-electron chi connectivity index (χ1n) is 8.99. The molecular weight excluding hydrogens is 354 g/mol. The van der Waals surface area contributed by atoms with Crippen LogP contribution in [0.15, 0.2) is 36.4 Å². The molecule has 6 heteroatoms. The molecule has 0 atom stereocenters. The Balaban J connectivity index is 2.32. The Morgan fingerprint density at radius 1 is 1.00 bits per heavy atom. The largest absolute Gasteiger partial charge is 0.493 e. The minimum Gasteiger partial charge on any atom is -0.493 e. The van der Waals surface area contributed by atoms with Crippen LogP contribution in [0.4, 0.5) is 8.78 Å². The van der Waals surface area contributed by atoms with Gasteiger partial charge in [-0.25, -0.2) is 8.78 Å². The zero-order chi connectivity index (χ0) is 19.8. The van der Waals surface area contributed by atoms with Gasteiger partial charge in [-0.2, -0.15) is 0 Å². The van der Waals surface area contributed by atoms with Crippen LogP contribution in [0.25, 0.3) is 0 Å². The van der Waals surface area contributed by atoms with E-state index < -0.39 is 12.4 Å². The molecule has 0 saturated heterocycles. The fourth-order valence-corrected chi connectivity index (χ4v) is 2.54. The summed E-state index contributed by atoms with van der Waals surface area (Å²) < 4.78 is 43.4. The second-order valence-electron chi connectivity index (χ2n) is 5.81. The first kappa shape index (κ1) is 20.7. The Labute approximate surface area is 158 Å². The van der Waals surface area contributed by atoms with E-state index in [9.17, 15) is 13.6 Å². The highest BCUT2D eigenvalue weighted by atomic mass is 19.3. The number of hydrogen-bond acceptors (Lipinski definition) is 4. The van der Waals surface area contributed by atoms with Gasteiger partial charge in [-0.3, -0.25) is 4.79 Å². The predicted octanol–water partition coefficient (Wildman–Crippen LogP) is 5.48. The number of carbonyl (C=O) groups excluding carboxylic acids is 1. The summed E-state index contributed by atoms with van der Waals surface area (Å²) in [7, 11) is 0. The lowest BCUT2D eigenvalue weighted by Crippen LogP contribution is -2.10. The lowest BCUT2D eigenvalue weighted by atomic mass is 10.1. The van der Waals surface area contributed by atoms with Crippen LogP contribution in [0.5, 0.6) is 17.2 Å². The Morgan fingerprint density at radius 2 is 1.74 bits per heavy atom. The topological polar surface area (TPSA) is 44.8 Å². The van der Waals surface area contributed by atoms with Gasteiger partial charge in [-0.1, -0.05) is 26.0 Å². The lowest BCUT2D eigenvalue weighted by Gasteiger charge is -2.17. The highest BCUT2D eigenvalue weighted by Gasteiger charge is 2.18. The third kappa shape index (κ3) is 5.42. The number of ether oxygens (including phenoxy) is 3. The van der Waals surface area contributed by atoms with E-state index in [0.29, 0.717) is 30.1 Å². The summed E-state index contributed by atoms with van der Waals surface area (Å²) in [5, 5.41) is 0. The Kier molecular flexibility index (Phi) is 7.58. The zero-order valence-electron chi connectivity index (χ0n) is 15.8. The number of benzene rings is 2. The number of carbonyl (C=O) groups is 1. The van der Waals surface area contributed by atoms with Crippen molar-refractivity contribution in [3.63, 3.8) is 0 Å². The van der Waals surface area contributed by atoms with Gasteiger partial charge in [0.05, 0.1) is 17.7 Å². The van der Waals surface area contributed by atoms with Gasteiger partial charge in [-0.15, -0.1) is 0 Å². The van der Waals surface area contributed by atoms with E-state index in [1.807, 2.05) is 13.8 Å². The van der Waals surface area contributed by atoms with Crippen molar-refractivity contribution < 1.29 is 27.8 Å². The van der Waals surface area contributed by atoms with Gasteiger partial charge in [0.15, 0.2) is 0 Å². The van der Waals surface area contributed by atoms with E-state index in [4.69, 9.17) is 14.2 Å². The van der Waals surface area contributed by atoms with Gasteiger partial charge in [-0.05, 0) is 43.2 Å². The van der Waals surface area contributed by atoms with Crippen molar-refractivity contribution in [1.29, 1.82) is 0 Å². The number of rotatable bonds is 9. The molecular formula is C21H24F2O4. The van der Waals surface area contributed by atoms with Crippen LogP contribution in [-0.2, 0) is 17.8 Å². The molecule has 0 aliphatic heterocycles. The van der Waals surface area contributed by atoms with Crippen molar-refractivity contribution >= 4 is 5.97 Å². The van der Waals surface area contributed by atoms with Crippen molar-refractivity contribution in [3.05, 3.63) is 53.1 Å². The molecule has 2 aromatic rings. The van der Waals surface area contributed by atoms with Crippen LogP contribution in [0.2, 0.25) is 0 Å². The van der Waals surface area contributed by atoms with Gasteiger partial charge in [0, 0.05) is 6.42 Å². The van der Waals surface area contributed by atoms with E-state index in [-0.39, 0.29) is 24.3 Å². The highest BCUT2D eigenvalue weighted by Crippen LogP contribution is 2.34. The summed E-state index contributed by atoms with van der Waals surface area (Å²) in [6, 6.07) is 9.80. The quantitative estimate of drug-likeness (QED) is 0.428. The number of aryl methyl sites for hydroxylation is 1. The van der Waals surface area contributed by atoms with E-state index in [1.54, 1.807) is 37.3 Å². The molecule has 0 radical (unpaired) electrons. The molecule has 0 aliphatic carbocycles. The van der Waals surface area contributed by atoms with Crippen LogP contribution in [0.3, 0.4) is 0 Å². The molecule has 27 heavy (non-hydrogen) atoms. The van der Waals surface area contributed by atoms with E-state index in [1.165, 1.54) is 6.07 Å². The second-order valence-corrected chi connectivity index (χ2v) is 5.81. The lowest BCUT2D eigenvalue weighted by molar-refractivity contribution is -0.134. The summed E-state index contributed by atoms with van der Waals surface area (Å²) in [6.45, 7) is 5.76. The van der Waals surface area contributed by atoms with Gasteiger partial charge >= 0.3 is 5.97 Å². The van der Waals surface area contributed by atoms with Gasteiger partial charge in [0.1, 0.15) is 23.9 Å². The maximum Gasteiger partial charge on any atom is 0.310 e. The van der Waals surface area contributed by atoms with E-state index >= 15 is 0 Å². The minimum absolute atomic E-state index is 0.0618. The molecule has 0 aromatic heterocycles. The summed E-state index contributed by atoms with van der Waals surface area (Å²) >= 11 is 0. The minimum atomic E-state index is -2.65. The van der Waals surface area contributed by atoms with Crippen molar-refractivity contribution in [2.24, 2.45) is 0 Å². The summed E-state index contributed by atoms with van der Waals surface area (Å²) in [5.41, 5.74) is 1.15. The molecule has 4 nitrogen and oxygen atoms in total. The Hall–Kier alpha value is -2.63. The van der Waals surface area contributed by atoms with Gasteiger partial charge < -0.3 is 14.2 Å². The SMILES string of the molecule is CCOc1cccc(OC(=O)CC)c1COc1ccc(CC)cc1C(F)F. The average Bonchev–Trinajstić information content (AvgIpc) is 2.67. The third-order valence-electron chi connectivity index (χ3n) is 3.99. The number of esters is 1. The van der Waals surface area contributed by atoms with Crippen LogP contribution < -0.4 is 14.2 Å². The average molecular weight is 378 g/mol. The van der Waals surface area contributed by atoms with Crippen LogP contribution in [0.1, 0.15) is 50.3 Å². The number of alkyl halides is 2. The van der Waals surface area contributed by atoms with Crippen molar-refractivity contribution in [2.75, 3.05) is 6.61 Å². The zero-order valence-corrected chi connectivity index (χ0v) is 15.8. The molecule has 0 amide bonds. The molecule has 0 aliphatic rings. The molecule has 0 spiro atoms. The monoisotopic (exact) mass is 378 g/mol. The van der Waals surface area contributed by atoms with Crippen LogP contribution in [0, 0.1) is 0 Å². The number of halogens is 2. The molecule has 0 saturated carbocycles. The van der Waals surface area contributed by atoms with Crippen LogP contribution >= 0.6 is 0 Å². The fourth-order valence-electron chi connectivity index (χ4n) is 2.54. The van der Waals surface area contributed by atoms with E-state index in [2.05, 4.69) is 0 Å². The fraction of sp³-hybridized carbons (Fsp3) is 0.381.